The third-order valence-electron chi connectivity index (χ3n) is 4.35. The van der Waals surface area contributed by atoms with Crippen molar-refractivity contribution in [2.45, 2.75) is 19.3 Å². The molecule has 6 nitrogen and oxygen atoms in total. The molecular weight excluding hydrogens is 308 g/mol. The summed E-state index contributed by atoms with van der Waals surface area (Å²) >= 11 is 0. The lowest BCUT2D eigenvalue weighted by Crippen LogP contribution is -2.33. The molecule has 0 aromatic heterocycles. The number of allylic oxidation sites excluding steroid dienone is 2. The first kappa shape index (κ1) is 15.9. The molecule has 0 N–H and O–H groups in total. The van der Waals surface area contributed by atoms with Gasteiger partial charge in [-0.15, -0.1) is 0 Å². The van der Waals surface area contributed by atoms with E-state index in [1.807, 2.05) is 18.2 Å². The first-order chi connectivity index (χ1) is 11.6. The Morgan fingerprint density at radius 3 is 2.25 bits per heavy atom. The smallest absolute Gasteiger partial charge is 0.312 e. The molecule has 1 aromatic carbocycles. The second kappa shape index (κ2) is 6.67. The van der Waals surface area contributed by atoms with E-state index in [0.29, 0.717) is 24.2 Å². The molecule has 6 heteroatoms. The van der Waals surface area contributed by atoms with Crippen LogP contribution in [0.5, 0.6) is 5.75 Å². The lowest BCUT2D eigenvalue weighted by molar-refractivity contribution is -0.141. The lowest BCUT2D eigenvalue weighted by Gasteiger charge is -2.14. The number of amides is 2. The maximum atomic E-state index is 12.3. The number of benzene rings is 1. The molecule has 0 bridgehead atoms. The second-order valence-electron chi connectivity index (χ2n) is 5.84. The Morgan fingerprint density at radius 2 is 1.71 bits per heavy atom. The molecule has 24 heavy (non-hydrogen) atoms. The number of fused-ring (bicyclic) bond motifs is 1. The van der Waals surface area contributed by atoms with Crippen LogP contribution >= 0.6 is 0 Å². The van der Waals surface area contributed by atoms with E-state index in [1.165, 1.54) is 17.0 Å². The van der Waals surface area contributed by atoms with Crippen LogP contribution in [0, 0.1) is 23.2 Å². The molecule has 1 aliphatic heterocycles. The molecular formula is C18H16N2O4. The van der Waals surface area contributed by atoms with Crippen LogP contribution in [0.3, 0.4) is 0 Å². The first-order valence-electron chi connectivity index (χ1n) is 7.81. The van der Waals surface area contributed by atoms with E-state index in [1.54, 1.807) is 12.1 Å². The summed E-state index contributed by atoms with van der Waals surface area (Å²) in [4.78, 5) is 37.6. The minimum Gasteiger partial charge on any atom is -0.426 e. The molecule has 1 heterocycles. The van der Waals surface area contributed by atoms with Gasteiger partial charge in [-0.1, -0.05) is 12.2 Å². The SMILES string of the molecule is N#Cc1ccc(OC(=O)CCN2C(=O)[C@@H]3CC=CC[C@H]3C2=O)cc1. The van der Waals surface area contributed by atoms with Crippen LogP contribution < -0.4 is 4.74 Å². The highest BCUT2D eigenvalue weighted by Crippen LogP contribution is 2.35. The quantitative estimate of drug-likeness (QED) is 0.365. The molecule has 0 unspecified atom stereocenters. The molecule has 1 aliphatic carbocycles. The van der Waals surface area contributed by atoms with Crippen molar-refractivity contribution >= 4 is 17.8 Å². The Bertz CT molecular complexity index is 719. The highest BCUT2D eigenvalue weighted by Gasteiger charge is 2.46. The summed E-state index contributed by atoms with van der Waals surface area (Å²) < 4.78 is 5.15. The molecule has 0 radical (unpaired) electrons. The molecule has 1 saturated heterocycles. The third kappa shape index (κ3) is 3.06. The maximum Gasteiger partial charge on any atom is 0.312 e. The Labute approximate surface area is 139 Å². The number of imide groups is 1. The van der Waals surface area contributed by atoms with Crippen LogP contribution in [-0.2, 0) is 14.4 Å². The van der Waals surface area contributed by atoms with Gasteiger partial charge in [-0.3, -0.25) is 19.3 Å². The maximum absolute atomic E-state index is 12.3. The molecule has 3 rings (SSSR count). The number of carbonyl (C=O) groups excluding carboxylic acids is 3. The number of nitriles is 1. The van der Waals surface area contributed by atoms with Gasteiger partial charge < -0.3 is 4.74 Å². The summed E-state index contributed by atoms with van der Waals surface area (Å²) in [6.07, 6.45) is 4.97. The van der Waals surface area contributed by atoms with E-state index < -0.39 is 5.97 Å². The number of carbonyl (C=O) groups is 3. The van der Waals surface area contributed by atoms with Crippen molar-refractivity contribution in [2.75, 3.05) is 6.54 Å². The van der Waals surface area contributed by atoms with Gasteiger partial charge in [0.1, 0.15) is 5.75 Å². The number of esters is 1. The van der Waals surface area contributed by atoms with E-state index in [-0.39, 0.29) is 36.6 Å². The third-order valence-corrected chi connectivity index (χ3v) is 4.35. The van der Waals surface area contributed by atoms with Crippen LogP contribution in [0.1, 0.15) is 24.8 Å². The minimum absolute atomic E-state index is 0.0414. The Kier molecular flexibility index (Phi) is 4.43. The molecule has 1 aromatic rings. The fourth-order valence-electron chi connectivity index (χ4n) is 3.07. The largest absolute Gasteiger partial charge is 0.426 e. The average Bonchev–Trinajstić information content (AvgIpc) is 2.85. The number of hydrogen-bond acceptors (Lipinski definition) is 5. The van der Waals surface area contributed by atoms with Gasteiger partial charge in [-0.05, 0) is 37.1 Å². The van der Waals surface area contributed by atoms with Gasteiger partial charge in [0, 0.05) is 6.54 Å². The molecule has 2 atom stereocenters. The predicted octanol–water partition coefficient (Wildman–Crippen LogP) is 1.80. The highest BCUT2D eigenvalue weighted by molar-refractivity contribution is 6.05. The van der Waals surface area contributed by atoms with Crippen molar-refractivity contribution in [2.24, 2.45) is 11.8 Å². The molecule has 2 aliphatic rings. The summed E-state index contributed by atoms with van der Waals surface area (Å²) in [5.74, 6) is -1.14. The van der Waals surface area contributed by atoms with E-state index in [9.17, 15) is 14.4 Å². The summed E-state index contributed by atoms with van der Waals surface area (Å²) in [7, 11) is 0. The number of rotatable bonds is 4. The zero-order chi connectivity index (χ0) is 17.1. The second-order valence-corrected chi connectivity index (χ2v) is 5.84. The van der Waals surface area contributed by atoms with E-state index >= 15 is 0 Å². The average molecular weight is 324 g/mol. The molecule has 0 saturated carbocycles. The van der Waals surface area contributed by atoms with Gasteiger partial charge in [-0.25, -0.2) is 0 Å². The Morgan fingerprint density at radius 1 is 1.12 bits per heavy atom. The van der Waals surface area contributed by atoms with E-state index in [4.69, 9.17) is 10.00 Å². The van der Waals surface area contributed by atoms with Crippen molar-refractivity contribution in [1.82, 2.24) is 4.90 Å². The zero-order valence-electron chi connectivity index (χ0n) is 13.0. The van der Waals surface area contributed by atoms with E-state index in [0.717, 1.165) is 0 Å². The Hall–Kier alpha value is -2.94. The van der Waals surface area contributed by atoms with Gasteiger partial charge >= 0.3 is 5.97 Å². The van der Waals surface area contributed by atoms with Gasteiger partial charge in [0.25, 0.3) is 0 Å². The molecule has 2 amide bonds. The first-order valence-corrected chi connectivity index (χ1v) is 7.81. The van der Waals surface area contributed by atoms with Gasteiger partial charge in [0.15, 0.2) is 0 Å². The van der Waals surface area contributed by atoms with Crippen LogP contribution in [0.2, 0.25) is 0 Å². The van der Waals surface area contributed by atoms with Crippen LogP contribution in [0.25, 0.3) is 0 Å². The van der Waals surface area contributed by atoms with E-state index in [2.05, 4.69) is 0 Å². The van der Waals surface area contributed by atoms with Gasteiger partial charge in [0.05, 0.1) is 29.9 Å². The van der Waals surface area contributed by atoms with Crippen LogP contribution in [0.15, 0.2) is 36.4 Å². The van der Waals surface area contributed by atoms with Crippen molar-refractivity contribution in [3.63, 3.8) is 0 Å². The number of likely N-dealkylation sites (tertiary alicyclic amines) is 1. The predicted molar refractivity (Wildman–Crippen MR) is 83.5 cm³/mol. The van der Waals surface area contributed by atoms with Gasteiger partial charge in [-0.2, -0.15) is 5.26 Å². The van der Waals surface area contributed by atoms with Crippen molar-refractivity contribution < 1.29 is 19.1 Å². The van der Waals surface area contributed by atoms with Crippen molar-refractivity contribution in [1.29, 1.82) is 5.26 Å². The Balaban J connectivity index is 1.55. The monoisotopic (exact) mass is 324 g/mol. The van der Waals surface area contributed by atoms with Gasteiger partial charge in [0.2, 0.25) is 11.8 Å². The molecule has 1 fully saturated rings. The topological polar surface area (TPSA) is 87.5 Å². The van der Waals surface area contributed by atoms with Crippen molar-refractivity contribution in [3.05, 3.63) is 42.0 Å². The summed E-state index contributed by atoms with van der Waals surface area (Å²) in [5.41, 5.74) is 0.472. The summed E-state index contributed by atoms with van der Waals surface area (Å²) in [6.45, 7) is 0.0414. The normalized spacial score (nSPS) is 22.2. The fraction of sp³-hybridized carbons (Fsp3) is 0.333. The standard InChI is InChI=1S/C18H16N2O4/c19-11-12-5-7-13(8-6-12)24-16(21)9-10-20-17(22)14-3-1-2-4-15(14)18(20)23/h1-2,5-8,14-15H,3-4,9-10H2/t14-,15-/m1/s1. The highest BCUT2D eigenvalue weighted by atomic mass is 16.5. The van der Waals surface area contributed by atoms with Crippen LogP contribution in [-0.4, -0.2) is 29.2 Å². The summed E-state index contributed by atoms with van der Waals surface area (Å²) in [6, 6.07) is 8.14. The minimum atomic E-state index is -0.520. The number of ether oxygens (including phenoxy) is 1. The van der Waals surface area contributed by atoms with Crippen LogP contribution in [0.4, 0.5) is 0 Å². The van der Waals surface area contributed by atoms with Crippen molar-refractivity contribution in [3.8, 4) is 11.8 Å². The molecule has 122 valence electrons. The summed E-state index contributed by atoms with van der Waals surface area (Å²) in [5, 5.41) is 8.72. The lowest BCUT2D eigenvalue weighted by atomic mass is 9.85. The zero-order valence-corrected chi connectivity index (χ0v) is 13.0. The fourth-order valence-corrected chi connectivity index (χ4v) is 3.07. The number of hydrogen-bond donors (Lipinski definition) is 0. The molecule has 0 spiro atoms. The number of nitrogens with zero attached hydrogens (tertiary/aromatic N) is 2.